The van der Waals surface area contributed by atoms with Gasteiger partial charge >= 0.3 is 11.9 Å². The minimum Gasteiger partial charge on any atom is -0.462 e. The predicted octanol–water partition coefficient (Wildman–Crippen LogP) is 2.37. The topological polar surface area (TPSA) is 52.1 Å². The summed E-state index contributed by atoms with van der Waals surface area (Å²) < 4.78 is 31.4. The SMILES string of the molecule is CCOC(=O)C(F)(F)Cc1ccc2cccnc2n1. The number of carbonyl (C=O) groups is 1. The van der Waals surface area contributed by atoms with Crippen LogP contribution in [0.2, 0.25) is 0 Å². The molecule has 2 heterocycles. The van der Waals surface area contributed by atoms with E-state index in [0.29, 0.717) is 5.65 Å². The lowest BCUT2D eigenvalue weighted by molar-refractivity contribution is -0.171. The molecule has 0 aliphatic carbocycles. The number of pyridine rings is 2. The van der Waals surface area contributed by atoms with E-state index < -0.39 is 18.3 Å². The largest absolute Gasteiger partial charge is 0.462 e. The Kier molecular flexibility index (Phi) is 3.69. The number of rotatable bonds is 4. The lowest BCUT2D eigenvalue weighted by Gasteiger charge is -2.14. The number of hydrogen-bond donors (Lipinski definition) is 0. The molecule has 0 amide bonds. The summed E-state index contributed by atoms with van der Waals surface area (Å²) in [6.45, 7) is 1.40. The molecule has 0 aromatic carbocycles. The molecule has 0 saturated carbocycles. The van der Waals surface area contributed by atoms with E-state index in [4.69, 9.17) is 0 Å². The molecule has 19 heavy (non-hydrogen) atoms. The van der Waals surface area contributed by atoms with Crippen molar-refractivity contribution in [2.45, 2.75) is 19.3 Å². The highest BCUT2D eigenvalue weighted by atomic mass is 19.3. The molecular weight excluding hydrogens is 254 g/mol. The minimum atomic E-state index is -3.58. The first-order valence-electron chi connectivity index (χ1n) is 5.78. The van der Waals surface area contributed by atoms with Gasteiger partial charge in [0.05, 0.1) is 13.0 Å². The molecule has 2 aromatic heterocycles. The molecule has 0 radical (unpaired) electrons. The number of ether oxygens (including phenoxy) is 1. The number of halogens is 2. The Hall–Kier alpha value is -2.11. The van der Waals surface area contributed by atoms with Gasteiger partial charge in [0.2, 0.25) is 0 Å². The molecule has 4 nitrogen and oxygen atoms in total. The van der Waals surface area contributed by atoms with Crippen LogP contribution in [-0.2, 0) is 16.0 Å². The zero-order valence-corrected chi connectivity index (χ0v) is 10.3. The van der Waals surface area contributed by atoms with Crippen molar-refractivity contribution in [3.63, 3.8) is 0 Å². The fourth-order valence-corrected chi connectivity index (χ4v) is 1.63. The molecule has 0 bridgehead atoms. The van der Waals surface area contributed by atoms with Crippen LogP contribution in [0.15, 0.2) is 30.5 Å². The summed E-state index contributed by atoms with van der Waals surface area (Å²) in [6, 6.07) is 6.61. The molecule has 0 spiro atoms. The molecule has 2 rings (SSSR count). The highest BCUT2D eigenvalue weighted by Gasteiger charge is 2.41. The lowest BCUT2D eigenvalue weighted by Crippen LogP contribution is -2.33. The van der Waals surface area contributed by atoms with E-state index in [9.17, 15) is 13.6 Å². The summed E-state index contributed by atoms with van der Waals surface area (Å²) in [5, 5.41) is 0.755. The van der Waals surface area contributed by atoms with Gasteiger partial charge in [-0.05, 0) is 31.2 Å². The van der Waals surface area contributed by atoms with Gasteiger partial charge in [-0.2, -0.15) is 8.78 Å². The van der Waals surface area contributed by atoms with E-state index in [1.807, 2.05) is 0 Å². The molecule has 0 N–H and O–H groups in total. The molecule has 0 aliphatic rings. The average molecular weight is 266 g/mol. The van der Waals surface area contributed by atoms with Crippen molar-refractivity contribution in [1.82, 2.24) is 9.97 Å². The van der Waals surface area contributed by atoms with Crippen molar-refractivity contribution < 1.29 is 18.3 Å². The summed E-state index contributed by atoms with van der Waals surface area (Å²) >= 11 is 0. The first-order chi connectivity index (χ1) is 9.03. The van der Waals surface area contributed by atoms with Gasteiger partial charge in [-0.1, -0.05) is 0 Å². The maximum absolute atomic E-state index is 13.6. The van der Waals surface area contributed by atoms with E-state index >= 15 is 0 Å². The van der Waals surface area contributed by atoms with Crippen molar-refractivity contribution in [2.24, 2.45) is 0 Å². The molecule has 0 fully saturated rings. The van der Waals surface area contributed by atoms with Crippen LogP contribution in [0.4, 0.5) is 8.78 Å². The van der Waals surface area contributed by atoms with E-state index in [-0.39, 0.29) is 12.3 Å². The van der Waals surface area contributed by atoms with Gasteiger partial charge in [0.1, 0.15) is 0 Å². The van der Waals surface area contributed by atoms with Crippen LogP contribution < -0.4 is 0 Å². The summed E-state index contributed by atoms with van der Waals surface area (Å²) in [6.07, 6.45) is 0.737. The number of alkyl halides is 2. The number of fused-ring (bicyclic) bond motifs is 1. The van der Waals surface area contributed by atoms with Gasteiger partial charge in [-0.15, -0.1) is 0 Å². The Labute approximate surface area is 108 Å². The normalized spacial score (nSPS) is 11.5. The van der Waals surface area contributed by atoms with E-state index in [0.717, 1.165) is 5.39 Å². The third-order valence-electron chi connectivity index (χ3n) is 2.50. The second-order valence-corrected chi connectivity index (χ2v) is 3.95. The molecule has 2 aromatic rings. The Morgan fingerprint density at radius 1 is 1.37 bits per heavy atom. The quantitative estimate of drug-likeness (QED) is 0.797. The number of hydrogen-bond acceptors (Lipinski definition) is 4. The van der Waals surface area contributed by atoms with Crippen molar-refractivity contribution in [1.29, 1.82) is 0 Å². The molecule has 0 atom stereocenters. The standard InChI is InChI=1S/C13H12F2N2O2/c1-2-19-12(18)13(14,15)8-10-6-5-9-4-3-7-16-11(9)17-10/h3-7H,2,8H2,1H3. The molecule has 0 unspecified atom stereocenters. The van der Waals surface area contributed by atoms with Crippen molar-refractivity contribution >= 4 is 17.0 Å². The summed E-state index contributed by atoms with van der Waals surface area (Å²) in [7, 11) is 0. The van der Waals surface area contributed by atoms with E-state index in [1.165, 1.54) is 19.2 Å². The summed E-state index contributed by atoms with van der Waals surface area (Å²) in [5.74, 6) is -5.11. The Balaban J connectivity index is 2.23. The third kappa shape index (κ3) is 3.01. The van der Waals surface area contributed by atoms with Gasteiger partial charge in [-0.25, -0.2) is 14.8 Å². The highest BCUT2D eigenvalue weighted by Crippen LogP contribution is 2.22. The van der Waals surface area contributed by atoms with Gasteiger partial charge in [0.15, 0.2) is 5.65 Å². The van der Waals surface area contributed by atoms with Crippen LogP contribution >= 0.6 is 0 Å². The van der Waals surface area contributed by atoms with Crippen molar-refractivity contribution in [3.05, 3.63) is 36.2 Å². The molecule has 0 saturated heterocycles. The van der Waals surface area contributed by atoms with Crippen molar-refractivity contribution in [3.8, 4) is 0 Å². The summed E-state index contributed by atoms with van der Waals surface area (Å²) in [4.78, 5) is 19.1. The van der Waals surface area contributed by atoms with E-state index in [1.54, 1.807) is 18.2 Å². The lowest BCUT2D eigenvalue weighted by atomic mass is 10.1. The van der Waals surface area contributed by atoms with Crippen LogP contribution in [0.5, 0.6) is 0 Å². The number of nitrogens with zero attached hydrogens (tertiary/aromatic N) is 2. The van der Waals surface area contributed by atoms with Crippen LogP contribution in [0, 0.1) is 0 Å². The maximum atomic E-state index is 13.6. The van der Waals surface area contributed by atoms with Crippen molar-refractivity contribution in [2.75, 3.05) is 6.61 Å². The monoisotopic (exact) mass is 266 g/mol. The fraction of sp³-hybridized carbons (Fsp3) is 0.308. The van der Waals surface area contributed by atoms with Gasteiger partial charge in [0, 0.05) is 17.3 Å². The summed E-state index contributed by atoms with van der Waals surface area (Å²) in [5.41, 5.74) is 0.476. The van der Waals surface area contributed by atoms with Crippen LogP contribution in [0.3, 0.4) is 0 Å². The molecule has 100 valence electrons. The zero-order valence-electron chi connectivity index (χ0n) is 10.3. The Bertz CT molecular complexity index is 602. The number of carbonyl (C=O) groups excluding carboxylic acids is 1. The van der Waals surface area contributed by atoms with Gasteiger partial charge in [0.25, 0.3) is 0 Å². The predicted molar refractivity (Wildman–Crippen MR) is 64.8 cm³/mol. The van der Waals surface area contributed by atoms with Gasteiger partial charge in [-0.3, -0.25) is 0 Å². The zero-order chi connectivity index (χ0) is 13.9. The first-order valence-corrected chi connectivity index (χ1v) is 5.78. The Morgan fingerprint density at radius 2 is 2.16 bits per heavy atom. The second-order valence-electron chi connectivity index (χ2n) is 3.95. The second kappa shape index (κ2) is 5.26. The van der Waals surface area contributed by atoms with Gasteiger partial charge < -0.3 is 4.74 Å². The highest BCUT2D eigenvalue weighted by molar-refractivity contribution is 5.78. The first kappa shape index (κ1) is 13.3. The number of esters is 1. The number of aromatic nitrogens is 2. The van der Waals surface area contributed by atoms with E-state index in [2.05, 4.69) is 14.7 Å². The average Bonchev–Trinajstić information content (AvgIpc) is 2.38. The molecule has 0 aliphatic heterocycles. The molecule has 6 heteroatoms. The minimum absolute atomic E-state index is 0.0822. The fourth-order valence-electron chi connectivity index (χ4n) is 1.63. The smallest absolute Gasteiger partial charge is 0.377 e. The Morgan fingerprint density at radius 3 is 2.89 bits per heavy atom. The van der Waals surface area contributed by atoms with Crippen LogP contribution in [0.25, 0.3) is 11.0 Å². The van der Waals surface area contributed by atoms with Crippen LogP contribution in [-0.4, -0.2) is 28.5 Å². The molecular formula is C13H12F2N2O2. The third-order valence-corrected chi connectivity index (χ3v) is 2.50. The maximum Gasteiger partial charge on any atom is 0.377 e. The van der Waals surface area contributed by atoms with Crippen LogP contribution in [0.1, 0.15) is 12.6 Å².